The van der Waals surface area contributed by atoms with E-state index in [9.17, 15) is 14.7 Å². The summed E-state index contributed by atoms with van der Waals surface area (Å²) in [5.74, 6) is -1.64. The largest absolute Gasteiger partial charge is 0.480 e. The van der Waals surface area contributed by atoms with E-state index in [0.29, 0.717) is 12.2 Å². The van der Waals surface area contributed by atoms with Crippen LogP contribution in [0.5, 0.6) is 0 Å². The summed E-state index contributed by atoms with van der Waals surface area (Å²) in [6.45, 7) is 2.61. The van der Waals surface area contributed by atoms with Crippen molar-refractivity contribution in [3.05, 3.63) is 125 Å². The normalized spacial score (nSPS) is 17.2. The van der Waals surface area contributed by atoms with E-state index in [0.717, 1.165) is 27.9 Å². The first kappa shape index (κ1) is 22.7. The van der Waals surface area contributed by atoms with Gasteiger partial charge in [-0.05, 0) is 23.6 Å². The molecule has 3 aromatic carbocycles. The maximum absolute atomic E-state index is 14.1. The Hall–Kier alpha value is -4.03. The van der Waals surface area contributed by atoms with Crippen LogP contribution >= 0.6 is 0 Å². The van der Waals surface area contributed by atoms with E-state index >= 15 is 0 Å². The number of carboxylic acid groups (broad SMARTS) is 1. The van der Waals surface area contributed by atoms with Crippen molar-refractivity contribution in [2.45, 2.75) is 37.9 Å². The zero-order valence-corrected chi connectivity index (χ0v) is 19.5. The van der Waals surface area contributed by atoms with E-state index in [1.807, 2.05) is 90.4 Å². The van der Waals surface area contributed by atoms with Gasteiger partial charge in [0.05, 0.1) is 17.9 Å². The zero-order valence-electron chi connectivity index (χ0n) is 19.5. The summed E-state index contributed by atoms with van der Waals surface area (Å²) in [7, 11) is 0. The predicted octanol–water partition coefficient (Wildman–Crippen LogP) is 4.28. The number of fused-ring (bicyclic) bond motifs is 1. The minimum atomic E-state index is -0.979. The Morgan fingerprint density at radius 2 is 1.66 bits per heavy atom. The number of rotatable bonds is 7. The summed E-state index contributed by atoms with van der Waals surface area (Å²) in [5, 5.41) is 13.0. The second kappa shape index (κ2) is 9.68. The van der Waals surface area contributed by atoms with E-state index in [2.05, 4.69) is 16.4 Å². The summed E-state index contributed by atoms with van der Waals surface area (Å²) < 4.78 is 1.97. The van der Waals surface area contributed by atoms with E-state index in [4.69, 9.17) is 0 Å². The number of hydrogen-bond acceptors (Lipinski definition) is 4. The molecule has 0 radical (unpaired) electrons. The second-order valence-corrected chi connectivity index (χ2v) is 9.04. The van der Waals surface area contributed by atoms with Gasteiger partial charge in [0.2, 0.25) is 0 Å². The average Bonchev–Trinajstić information content (AvgIpc) is 3.27. The standard InChI is InChI=1S/C29H27N3O3/c1-19-9-8-10-20(15-19)17-32-18-30-26-24(32)16-23(29(34)35)31-27(26)28(33)25(21-11-4-2-5-12-21)22-13-6-3-7-14-22/h2-15,18,23,25,27,31H,16-17H2,1H3,(H,34,35). The number of nitrogens with one attached hydrogen (secondary N) is 1. The molecule has 6 heteroatoms. The number of ketones is 1. The maximum Gasteiger partial charge on any atom is 0.321 e. The van der Waals surface area contributed by atoms with Crippen LogP contribution in [0.1, 0.15) is 45.6 Å². The number of Topliss-reactive ketones (excluding diaryl/α,β-unsaturated/α-hetero) is 1. The lowest BCUT2D eigenvalue weighted by Crippen LogP contribution is -2.48. The molecule has 176 valence electrons. The van der Waals surface area contributed by atoms with Gasteiger partial charge in [-0.15, -0.1) is 0 Å². The van der Waals surface area contributed by atoms with Crippen LogP contribution < -0.4 is 5.32 Å². The lowest BCUT2D eigenvalue weighted by molar-refractivity contribution is -0.140. The third kappa shape index (κ3) is 4.66. The Morgan fingerprint density at radius 1 is 1.00 bits per heavy atom. The molecule has 1 aliphatic heterocycles. The molecule has 2 atom stereocenters. The number of carbonyl (C=O) groups is 2. The molecular formula is C29H27N3O3. The van der Waals surface area contributed by atoms with Crippen molar-refractivity contribution in [3.8, 4) is 0 Å². The number of benzene rings is 3. The van der Waals surface area contributed by atoms with Crippen molar-refractivity contribution in [1.29, 1.82) is 0 Å². The Balaban J connectivity index is 1.56. The number of carboxylic acids is 1. The van der Waals surface area contributed by atoms with Gasteiger partial charge in [0.25, 0.3) is 0 Å². The summed E-state index contributed by atoms with van der Waals surface area (Å²) in [5.41, 5.74) is 5.38. The maximum atomic E-state index is 14.1. The van der Waals surface area contributed by atoms with Crippen molar-refractivity contribution in [3.63, 3.8) is 0 Å². The average molecular weight is 466 g/mol. The van der Waals surface area contributed by atoms with Crippen LogP contribution in [0.3, 0.4) is 0 Å². The lowest BCUT2D eigenvalue weighted by Gasteiger charge is -2.31. The van der Waals surface area contributed by atoms with Crippen molar-refractivity contribution in [2.75, 3.05) is 0 Å². The molecule has 1 aliphatic rings. The fourth-order valence-electron chi connectivity index (χ4n) is 4.92. The third-order valence-electron chi connectivity index (χ3n) is 6.59. The number of hydrogen-bond donors (Lipinski definition) is 2. The highest BCUT2D eigenvalue weighted by Gasteiger charge is 2.40. The van der Waals surface area contributed by atoms with E-state index in [1.165, 1.54) is 0 Å². The molecule has 0 bridgehead atoms. The topological polar surface area (TPSA) is 84.2 Å². The van der Waals surface area contributed by atoms with Crippen LogP contribution in [0.2, 0.25) is 0 Å². The summed E-state index contributed by atoms with van der Waals surface area (Å²) in [4.78, 5) is 30.8. The fourth-order valence-corrected chi connectivity index (χ4v) is 4.92. The Kier molecular flexibility index (Phi) is 6.29. The van der Waals surface area contributed by atoms with Crippen LogP contribution in [0.15, 0.2) is 91.3 Å². The van der Waals surface area contributed by atoms with Gasteiger partial charge in [-0.2, -0.15) is 0 Å². The SMILES string of the molecule is Cc1cccc(Cn2cnc3c2CC(C(=O)O)NC3C(=O)C(c2ccccc2)c2ccccc2)c1. The van der Waals surface area contributed by atoms with Crippen molar-refractivity contribution in [1.82, 2.24) is 14.9 Å². The van der Waals surface area contributed by atoms with Crippen LogP contribution in [-0.4, -0.2) is 32.5 Å². The minimum Gasteiger partial charge on any atom is -0.480 e. The first-order chi connectivity index (χ1) is 17.0. The van der Waals surface area contributed by atoms with Crippen LogP contribution in [0, 0.1) is 6.92 Å². The molecule has 0 spiro atoms. The quantitative estimate of drug-likeness (QED) is 0.426. The molecule has 2 heterocycles. The number of nitrogens with zero attached hydrogens (tertiary/aromatic N) is 2. The molecule has 5 rings (SSSR count). The molecule has 0 aliphatic carbocycles. The first-order valence-corrected chi connectivity index (χ1v) is 11.7. The zero-order chi connectivity index (χ0) is 24.4. The first-order valence-electron chi connectivity index (χ1n) is 11.7. The number of aromatic nitrogens is 2. The molecule has 6 nitrogen and oxygen atoms in total. The number of imidazole rings is 1. The van der Waals surface area contributed by atoms with Gasteiger partial charge in [-0.25, -0.2) is 4.98 Å². The van der Waals surface area contributed by atoms with Gasteiger partial charge in [-0.1, -0.05) is 90.5 Å². The lowest BCUT2D eigenvalue weighted by atomic mass is 9.82. The van der Waals surface area contributed by atoms with E-state index < -0.39 is 24.0 Å². The summed E-state index contributed by atoms with van der Waals surface area (Å²) in [6.07, 6.45) is 1.99. The number of aryl methyl sites for hydroxylation is 1. The molecule has 0 amide bonds. The van der Waals surface area contributed by atoms with Crippen molar-refractivity contribution < 1.29 is 14.7 Å². The Morgan fingerprint density at radius 3 is 2.26 bits per heavy atom. The Bertz CT molecular complexity index is 1310. The van der Waals surface area contributed by atoms with Gasteiger partial charge in [-0.3, -0.25) is 14.9 Å². The van der Waals surface area contributed by atoms with Crippen molar-refractivity contribution in [2.24, 2.45) is 0 Å². The van der Waals surface area contributed by atoms with Crippen LogP contribution in [0.25, 0.3) is 0 Å². The van der Waals surface area contributed by atoms with Crippen LogP contribution in [0.4, 0.5) is 0 Å². The molecule has 2 N–H and O–H groups in total. The summed E-state index contributed by atoms with van der Waals surface area (Å²) in [6, 6.07) is 25.7. The van der Waals surface area contributed by atoms with Crippen molar-refractivity contribution >= 4 is 11.8 Å². The molecule has 0 saturated carbocycles. The molecule has 35 heavy (non-hydrogen) atoms. The second-order valence-electron chi connectivity index (χ2n) is 9.04. The highest BCUT2D eigenvalue weighted by atomic mass is 16.4. The fraction of sp³-hybridized carbons (Fsp3) is 0.207. The summed E-state index contributed by atoms with van der Waals surface area (Å²) >= 11 is 0. The smallest absolute Gasteiger partial charge is 0.321 e. The van der Waals surface area contributed by atoms with Gasteiger partial charge >= 0.3 is 5.97 Å². The highest BCUT2D eigenvalue weighted by Crippen LogP contribution is 2.34. The highest BCUT2D eigenvalue weighted by molar-refractivity contribution is 5.95. The van der Waals surface area contributed by atoms with E-state index in [-0.39, 0.29) is 12.2 Å². The van der Waals surface area contributed by atoms with Crippen LogP contribution in [-0.2, 0) is 22.6 Å². The molecular weight excluding hydrogens is 438 g/mol. The van der Waals surface area contributed by atoms with Gasteiger partial charge in [0, 0.05) is 18.7 Å². The number of carbonyl (C=O) groups excluding carboxylic acids is 1. The molecule has 4 aromatic rings. The van der Waals surface area contributed by atoms with Gasteiger partial charge in [0.1, 0.15) is 12.1 Å². The Labute approximate surface area is 204 Å². The molecule has 1 aromatic heterocycles. The molecule has 0 saturated heterocycles. The van der Waals surface area contributed by atoms with Gasteiger partial charge < -0.3 is 9.67 Å². The monoisotopic (exact) mass is 465 g/mol. The third-order valence-corrected chi connectivity index (χ3v) is 6.59. The molecule has 0 fully saturated rings. The van der Waals surface area contributed by atoms with E-state index in [1.54, 1.807) is 6.33 Å². The molecule has 2 unspecified atom stereocenters. The predicted molar refractivity (Wildman–Crippen MR) is 133 cm³/mol. The van der Waals surface area contributed by atoms with Gasteiger partial charge in [0.15, 0.2) is 5.78 Å². The minimum absolute atomic E-state index is 0.115. The number of aliphatic carboxylic acids is 1.